The van der Waals surface area contributed by atoms with Crippen molar-refractivity contribution in [1.82, 2.24) is 14.8 Å². The second-order valence-electron chi connectivity index (χ2n) is 8.49. The Labute approximate surface area is 167 Å². The van der Waals surface area contributed by atoms with E-state index in [-0.39, 0.29) is 17.0 Å². The second kappa shape index (κ2) is 6.14. The lowest BCUT2D eigenvalue weighted by Crippen LogP contribution is -2.36. The summed E-state index contributed by atoms with van der Waals surface area (Å²) in [5.74, 6) is 1.79. The monoisotopic (exact) mass is 392 g/mol. The van der Waals surface area contributed by atoms with Gasteiger partial charge in [0.15, 0.2) is 11.6 Å². The Morgan fingerprint density at radius 3 is 2.72 bits per heavy atom. The molecule has 0 fully saturated rings. The summed E-state index contributed by atoms with van der Waals surface area (Å²) in [6.07, 6.45) is 1.17. The Balaban J connectivity index is 1.69. The Morgan fingerprint density at radius 2 is 2.00 bits per heavy atom. The van der Waals surface area contributed by atoms with Gasteiger partial charge in [-0.15, -0.1) is 5.10 Å². The summed E-state index contributed by atoms with van der Waals surface area (Å²) in [7, 11) is 0. The highest BCUT2D eigenvalue weighted by Gasteiger charge is 2.43. The number of carbonyl (C=O) groups excluding carboxylic acids is 1. The molecule has 6 nitrogen and oxygen atoms in total. The topological polar surface area (TPSA) is 73.0 Å². The van der Waals surface area contributed by atoms with Gasteiger partial charge in [-0.05, 0) is 43.0 Å². The number of ketones is 1. The van der Waals surface area contributed by atoms with E-state index in [0.29, 0.717) is 35.7 Å². The van der Waals surface area contributed by atoms with Gasteiger partial charge in [-0.3, -0.25) is 4.79 Å². The van der Waals surface area contributed by atoms with E-state index in [1.165, 1.54) is 6.07 Å². The van der Waals surface area contributed by atoms with Crippen molar-refractivity contribution < 1.29 is 13.6 Å². The Morgan fingerprint density at radius 1 is 1.21 bits per heavy atom. The number of allylic oxidation sites excluding steroid dienone is 2. The number of nitrogens with one attached hydrogen (secondary N) is 1. The Kier molecular flexibility index (Phi) is 3.78. The van der Waals surface area contributed by atoms with Crippen LogP contribution in [0.15, 0.2) is 52.1 Å². The van der Waals surface area contributed by atoms with Crippen LogP contribution in [0.25, 0.3) is 11.4 Å². The SMILES string of the molecule is Cc1ccc(C2C3=C(CC(C)(C)CC3=O)Nc3nc(-c4ccccc4F)nn32)o1. The minimum Gasteiger partial charge on any atom is -0.464 e. The number of fused-ring (bicyclic) bond motifs is 1. The zero-order chi connectivity index (χ0) is 20.3. The van der Waals surface area contributed by atoms with Crippen LogP contribution in [0.4, 0.5) is 10.3 Å². The third-order valence-electron chi connectivity index (χ3n) is 5.48. The van der Waals surface area contributed by atoms with E-state index < -0.39 is 11.9 Å². The third kappa shape index (κ3) is 2.88. The molecule has 1 aliphatic heterocycles. The number of halogens is 1. The van der Waals surface area contributed by atoms with Crippen molar-refractivity contribution in [3.8, 4) is 11.4 Å². The van der Waals surface area contributed by atoms with Crippen molar-refractivity contribution in [2.24, 2.45) is 5.41 Å². The van der Waals surface area contributed by atoms with Gasteiger partial charge in [0.2, 0.25) is 5.95 Å². The van der Waals surface area contributed by atoms with Crippen molar-refractivity contribution in [1.29, 1.82) is 0 Å². The van der Waals surface area contributed by atoms with Crippen LogP contribution in [0.5, 0.6) is 0 Å². The van der Waals surface area contributed by atoms with Crippen molar-refractivity contribution in [2.45, 2.75) is 39.7 Å². The first-order valence-electron chi connectivity index (χ1n) is 9.63. The van der Waals surface area contributed by atoms with Crippen molar-refractivity contribution in [3.63, 3.8) is 0 Å². The van der Waals surface area contributed by atoms with Gasteiger partial charge in [0, 0.05) is 17.7 Å². The minimum absolute atomic E-state index is 0.0661. The van der Waals surface area contributed by atoms with Crippen molar-refractivity contribution in [2.75, 3.05) is 5.32 Å². The smallest absolute Gasteiger partial charge is 0.227 e. The highest BCUT2D eigenvalue weighted by Crippen LogP contribution is 2.46. The molecule has 3 aromatic rings. The maximum Gasteiger partial charge on any atom is 0.227 e. The normalized spacial score (nSPS) is 20.3. The summed E-state index contributed by atoms with van der Waals surface area (Å²) >= 11 is 0. The molecular formula is C22H21FN4O2. The molecule has 2 aliphatic rings. The fourth-order valence-corrected chi connectivity index (χ4v) is 4.23. The second-order valence-corrected chi connectivity index (χ2v) is 8.49. The zero-order valence-electron chi connectivity index (χ0n) is 16.5. The number of aryl methyl sites for hydroxylation is 1. The van der Waals surface area contributed by atoms with E-state index in [4.69, 9.17) is 4.42 Å². The summed E-state index contributed by atoms with van der Waals surface area (Å²) in [6, 6.07) is 9.60. The van der Waals surface area contributed by atoms with Crippen LogP contribution in [0.1, 0.15) is 44.3 Å². The number of hydrogen-bond donors (Lipinski definition) is 1. The number of nitrogens with zero attached hydrogens (tertiary/aromatic N) is 3. The number of hydrogen-bond acceptors (Lipinski definition) is 5. The molecule has 1 N–H and O–H groups in total. The molecule has 1 atom stereocenters. The Hall–Kier alpha value is -3.22. The van der Waals surface area contributed by atoms with Crippen LogP contribution in [0.3, 0.4) is 0 Å². The molecule has 0 radical (unpaired) electrons. The summed E-state index contributed by atoms with van der Waals surface area (Å²) < 4.78 is 21.9. The predicted molar refractivity (Wildman–Crippen MR) is 106 cm³/mol. The van der Waals surface area contributed by atoms with Gasteiger partial charge in [-0.25, -0.2) is 9.07 Å². The molecule has 0 bridgehead atoms. The minimum atomic E-state index is -0.522. The van der Waals surface area contributed by atoms with E-state index >= 15 is 0 Å². The Bertz CT molecular complexity index is 1170. The molecule has 2 aromatic heterocycles. The van der Waals surface area contributed by atoms with Gasteiger partial charge < -0.3 is 9.73 Å². The van der Waals surface area contributed by atoms with E-state index in [1.807, 2.05) is 19.1 Å². The molecule has 148 valence electrons. The van der Waals surface area contributed by atoms with Gasteiger partial charge >= 0.3 is 0 Å². The summed E-state index contributed by atoms with van der Waals surface area (Å²) in [4.78, 5) is 17.7. The lowest BCUT2D eigenvalue weighted by atomic mass is 9.73. The van der Waals surface area contributed by atoms with E-state index in [1.54, 1.807) is 22.9 Å². The van der Waals surface area contributed by atoms with Gasteiger partial charge in [0.1, 0.15) is 23.4 Å². The summed E-state index contributed by atoms with van der Waals surface area (Å²) in [5.41, 5.74) is 1.65. The lowest BCUT2D eigenvalue weighted by Gasteiger charge is -2.37. The summed E-state index contributed by atoms with van der Waals surface area (Å²) in [6.45, 7) is 6.01. The molecule has 0 spiro atoms. The largest absolute Gasteiger partial charge is 0.464 e. The molecule has 1 aliphatic carbocycles. The van der Waals surface area contributed by atoms with Gasteiger partial charge in [0.05, 0.1) is 5.56 Å². The van der Waals surface area contributed by atoms with Gasteiger partial charge in [-0.2, -0.15) is 4.98 Å². The fourth-order valence-electron chi connectivity index (χ4n) is 4.23. The maximum atomic E-state index is 14.3. The lowest BCUT2D eigenvalue weighted by molar-refractivity contribution is -0.118. The molecule has 0 saturated heterocycles. The molecule has 0 saturated carbocycles. The first-order valence-corrected chi connectivity index (χ1v) is 9.63. The number of benzene rings is 1. The summed E-state index contributed by atoms with van der Waals surface area (Å²) in [5, 5.41) is 7.85. The molecule has 1 unspecified atom stereocenters. The van der Waals surface area contributed by atoms with Crippen LogP contribution >= 0.6 is 0 Å². The highest BCUT2D eigenvalue weighted by molar-refractivity contribution is 6.00. The quantitative estimate of drug-likeness (QED) is 0.688. The number of Topliss-reactive ketones (excluding diaryl/α,β-unsaturated/α-hetero) is 1. The number of furan rings is 1. The number of rotatable bonds is 2. The fraction of sp³-hybridized carbons (Fsp3) is 0.318. The average molecular weight is 392 g/mol. The molecule has 5 rings (SSSR count). The maximum absolute atomic E-state index is 14.3. The van der Waals surface area contributed by atoms with E-state index in [9.17, 15) is 9.18 Å². The third-order valence-corrected chi connectivity index (χ3v) is 5.48. The molecular weight excluding hydrogens is 371 g/mol. The predicted octanol–water partition coefficient (Wildman–Crippen LogP) is 4.64. The standard InChI is InChI=1S/C22H21FN4O2/c1-12-8-9-17(29-12)19-18-15(10-22(2,3)11-16(18)28)24-21-25-20(26-27(19)21)13-6-4-5-7-14(13)23/h4-9,19H,10-11H2,1-3H3,(H,24,25,26). The van der Waals surface area contributed by atoms with Crippen LogP contribution in [0.2, 0.25) is 0 Å². The van der Waals surface area contributed by atoms with Crippen LogP contribution < -0.4 is 5.32 Å². The zero-order valence-corrected chi connectivity index (χ0v) is 16.5. The molecule has 0 amide bonds. The number of aromatic nitrogens is 3. The van der Waals surface area contributed by atoms with E-state index in [2.05, 4.69) is 29.2 Å². The molecule has 7 heteroatoms. The number of carbonyl (C=O) groups is 1. The van der Waals surface area contributed by atoms with Crippen molar-refractivity contribution in [3.05, 3.63) is 65.0 Å². The first-order chi connectivity index (χ1) is 13.8. The van der Waals surface area contributed by atoms with E-state index in [0.717, 1.165) is 11.5 Å². The van der Waals surface area contributed by atoms with Gasteiger partial charge in [0.25, 0.3) is 0 Å². The van der Waals surface area contributed by atoms with Crippen molar-refractivity contribution >= 4 is 11.7 Å². The van der Waals surface area contributed by atoms with Crippen LogP contribution in [0, 0.1) is 18.2 Å². The number of anilines is 1. The molecule has 3 heterocycles. The van der Waals surface area contributed by atoms with Crippen LogP contribution in [-0.4, -0.2) is 20.5 Å². The average Bonchev–Trinajstić information content (AvgIpc) is 3.25. The van der Waals surface area contributed by atoms with Crippen LogP contribution in [-0.2, 0) is 4.79 Å². The molecule has 1 aromatic carbocycles. The molecule has 29 heavy (non-hydrogen) atoms. The first kappa shape index (κ1) is 17.8. The highest BCUT2D eigenvalue weighted by atomic mass is 19.1. The van der Waals surface area contributed by atoms with Gasteiger partial charge in [-0.1, -0.05) is 26.0 Å².